The zero-order valence-electron chi connectivity index (χ0n) is 28.1. The van der Waals surface area contributed by atoms with Crippen LogP contribution in [-0.2, 0) is 13.0 Å². The summed E-state index contributed by atoms with van der Waals surface area (Å²) in [5, 5.41) is 46.6. The topological polar surface area (TPSA) is 114 Å². The standard InChI is InChI=1S/C41H49NO6/c1-28-8-6-19-40(2)37(35-17-15-29(22-32(44)16-14-28)23-36(35)39(46)38-13-7-21-48-38)18-20-41(40,47)27-42(25-33(45)26-43)24-31-11-5-10-30-9-3-4-12-34(30)31/h3-5,7-13,15,17,21,23,32-33,37,43-45,47H,6,14,16,18-20,22,24-27H2,1-2H3/t32-,33-,37-,40-,41+/m0/s1. The first kappa shape index (κ1) is 34.3. The molecule has 7 heteroatoms. The number of aliphatic hydroxyl groups excluding tert-OH is 3. The smallest absolute Gasteiger partial charge is 0.228 e. The van der Waals surface area contributed by atoms with Crippen molar-refractivity contribution in [2.45, 2.75) is 89.1 Å². The van der Waals surface area contributed by atoms with Gasteiger partial charge in [-0.15, -0.1) is 0 Å². The predicted octanol–water partition coefficient (Wildman–Crippen LogP) is 6.56. The van der Waals surface area contributed by atoms with Crippen molar-refractivity contribution in [3.05, 3.63) is 119 Å². The van der Waals surface area contributed by atoms with E-state index >= 15 is 0 Å². The van der Waals surface area contributed by atoms with Crippen LogP contribution in [0.1, 0.15) is 91.1 Å². The molecule has 0 aliphatic heterocycles. The second-order valence-electron chi connectivity index (χ2n) is 14.4. The zero-order valence-corrected chi connectivity index (χ0v) is 28.1. The van der Waals surface area contributed by atoms with Gasteiger partial charge >= 0.3 is 0 Å². The minimum absolute atomic E-state index is 0.130. The summed E-state index contributed by atoms with van der Waals surface area (Å²) in [6, 6.07) is 23.8. The maximum Gasteiger partial charge on any atom is 0.228 e. The number of rotatable bonds is 9. The fourth-order valence-corrected chi connectivity index (χ4v) is 8.32. The van der Waals surface area contributed by atoms with Gasteiger partial charge in [-0.25, -0.2) is 0 Å². The fourth-order valence-electron chi connectivity index (χ4n) is 8.32. The van der Waals surface area contributed by atoms with Crippen molar-refractivity contribution in [3.63, 3.8) is 0 Å². The Morgan fingerprint density at radius 1 is 1.04 bits per heavy atom. The summed E-state index contributed by atoms with van der Waals surface area (Å²) in [4.78, 5) is 16.1. The number of carbonyl (C=O) groups is 1. The van der Waals surface area contributed by atoms with E-state index in [2.05, 4.69) is 49.1 Å². The molecule has 0 saturated heterocycles. The molecule has 7 rings (SSSR count). The maximum atomic E-state index is 14.0. The number of aliphatic hydroxyl groups is 4. The van der Waals surface area contributed by atoms with Gasteiger partial charge in [-0.3, -0.25) is 9.69 Å². The summed E-state index contributed by atoms with van der Waals surface area (Å²) in [6.45, 7) is 4.91. The minimum atomic E-state index is -1.16. The van der Waals surface area contributed by atoms with Crippen LogP contribution in [0.3, 0.4) is 0 Å². The second-order valence-corrected chi connectivity index (χ2v) is 14.4. The van der Waals surface area contributed by atoms with Crippen molar-refractivity contribution in [2.75, 3.05) is 19.7 Å². The summed E-state index contributed by atoms with van der Waals surface area (Å²) >= 11 is 0. The molecular formula is C41H49NO6. The lowest BCUT2D eigenvalue weighted by atomic mass is 9.64. The predicted molar refractivity (Wildman–Crippen MR) is 188 cm³/mol. The van der Waals surface area contributed by atoms with Crippen LogP contribution in [-0.4, -0.2) is 68.6 Å². The lowest BCUT2D eigenvalue weighted by molar-refractivity contribution is -0.0907. The number of hydrogen-bond acceptors (Lipinski definition) is 7. The van der Waals surface area contributed by atoms with E-state index < -0.39 is 23.2 Å². The van der Waals surface area contributed by atoms with Crippen LogP contribution in [0.4, 0.5) is 0 Å². The van der Waals surface area contributed by atoms with Crippen LogP contribution in [0.25, 0.3) is 10.8 Å². The second kappa shape index (κ2) is 14.5. The molecule has 1 fully saturated rings. The highest BCUT2D eigenvalue weighted by molar-refractivity contribution is 6.08. The van der Waals surface area contributed by atoms with E-state index in [0.29, 0.717) is 50.8 Å². The van der Waals surface area contributed by atoms with Gasteiger partial charge in [0.1, 0.15) is 0 Å². The third-order valence-corrected chi connectivity index (χ3v) is 11.1. The SMILES string of the molecule is CC1=CCC[C@@]2(C)[C@@H](CC[C@@]2(O)CN(Cc2cccc3ccccc23)C[C@H](O)CO)c2ccc(cc2C(=O)c2ccco2)C[C@@H](O)CC1. The van der Waals surface area contributed by atoms with Crippen molar-refractivity contribution >= 4 is 16.6 Å². The molecule has 0 amide bonds. The first-order chi connectivity index (χ1) is 23.1. The Balaban J connectivity index is 1.41. The van der Waals surface area contributed by atoms with Crippen molar-refractivity contribution < 1.29 is 29.6 Å². The van der Waals surface area contributed by atoms with E-state index in [4.69, 9.17) is 4.42 Å². The van der Waals surface area contributed by atoms with Gasteiger partial charge in [0, 0.05) is 30.6 Å². The summed E-state index contributed by atoms with van der Waals surface area (Å²) in [5.41, 5.74) is 2.87. The third kappa shape index (κ3) is 7.07. The summed E-state index contributed by atoms with van der Waals surface area (Å²) in [5.74, 6) is -0.0624. The maximum absolute atomic E-state index is 14.0. The van der Waals surface area contributed by atoms with E-state index in [1.54, 1.807) is 12.1 Å². The highest BCUT2D eigenvalue weighted by Gasteiger charge is 2.57. The third-order valence-electron chi connectivity index (χ3n) is 11.1. The van der Waals surface area contributed by atoms with E-state index in [1.807, 2.05) is 36.4 Å². The Morgan fingerprint density at radius 3 is 2.65 bits per heavy atom. The molecule has 1 heterocycles. The van der Waals surface area contributed by atoms with E-state index in [1.165, 1.54) is 11.8 Å². The molecule has 0 radical (unpaired) electrons. The van der Waals surface area contributed by atoms with Crippen LogP contribution in [0, 0.1) is 5.41 Å². The zero-order chi connectivity index (χ0) is 33.9. The number of fused-ring (bicyclic) bond motifs is 9. The highest BCUT2D eigenvalue weighted by atomic mass is 16.3. The van der Waals surface area contributed by atoms with Crippen molar-refractivity contribution in [1.82, 2.24) is 4.90 Å². The van der Waals surface area contributed by atoms with Gasteiger partial charge in [0.2, 0.25) is 5.78 Å². The van der Waals surface area contributed by atoms with Crippen LogP contribution in [0.15, 0.2) is 95.1 Å². The molecule has 4 aromatic rings. The molecular weight excluding hydrogens is 602 g/mol. The van der Waals surface area contributed by atoms with Crippen LogP contribution < -0.4 is 0 Å². The quantitative estimate of drug-likeness (QED) is 0.120. The number of benzene rings is 3. The van der Waals surface area contributed by atoms with Crippen LogP contribution in [0.2, 0.25) is 0 Å². The molecule has 254 valence electrons. The monoisotopic (exact) mass is 651 g/mol. The van der Waals surface area contributed by atoms with Gasteiger partial charge in [0.05, 0.1) is 30.7 Å². The van der Waals surface area contributed by atoms with Gasteiger partial charge in [-0.2, -0.15) is 0 Å². The van der Waals surface area contributed by atoms with Crippen molar-refractivity contribution in [3.8, 4) is 0 Å². The number of allylic oxidation sites excluding steroid dienone is 2. The number of carbonyl (C=O) groups excluding carboxylic acids is 1. The van der Waals surface area contributed by atoms with Crippen molar-refractivity contribution in [2.24, 2.45) is 5.41 Å². The molecule has 3 aliphatic carbocycles. The number of hydrogen-bond donors (Lipinski definition) is 4. The summed E-state index contributed by atoms with van der Waals surface area (Å²) < 4.78 is 5.57. The molecule has 1 aromatic heterocycles. The molecule has 5 atom stereocenters. The number of nitrogens with zero attached hydrogens (tertiary/aromatic N) is 1. The average molecular weight is 652 g/mol. The highest BCUT2D eigenvalue weighted by Crippen LogP contribution is 2.59. The molecule has 3 aliphatic rings. The van der Waals surface area contributed by atoms with Gasteiger partial charge < -0.3 is 24.8 Å². The van der Waals surface area contributed by atoms with Gasteiger partial charge in [-0.05, 0) is 103 Å². The van der Waals surface area contributed by atoms with Crippen LogP contribution >= 0.6 is 0 Å². The lowest BCUT2D eigenvalue weighted by Crippen LogP contribution is -2.53. The average Bonchev–Trinajstić information content (AvgIpc) is 3.70. The molecule has 1 saturated carbocycles. The molecule has 0 spiro atoms. The lowest BCUT2D eigenvalue weighted by Gasteiger charge is -2.46. The number of furan rings is 1. The molecule has 7 nitrogen and oxygen atoms in total. The Labute approximate surface area is 283 Å². The van der Waals surface area contributed by atoms with E-state index in [9.17, 15) is 25.2 Å². The van der Waals surface area contributed by atoms with Crippen LogP contribution in [0.5, 0.6) is 0 Å². The Kier molecular flexibility index (Phi) is 10.3. The van der Waals surface area contributed by atoms with Gasteiger partial charge in [-0.1, -0.05) is 73.2 Å². The first-order valence-electron chi connectivity index (χ1n) is 17.4. The van der Waals surface area contributed by atoms with Gasteiger partial charge in [0.25, 0.3) is 0 Å². The van der Waals surface area contributed by atoms with Crippen molar-refractivity contribution in [1.29, 1.82) is 0 Å². The largest absolute Gasteiger partial charge is 0.461 e. The summed E-state index contributed by atoms with van der Waals surface area (Å²) in [6.07, 6.45) is 6.77. The molecule has 48 heavy (non-hydrogen) atoms. The molecule has 2 bridgehead atoms. The normalized spacial score (nSPS) is 25.5. The molecule has 3 aromatic carbocycles. The molecule has 4 N–H and O–H groups in total. The van der Waals surface area contributed by atoms with E-state index in [-0.39, 0.29) is 30.6 Å². The Bertz CT molecular complexity index is 1740. The fraction of sp³-hybridized carbons (Fsp3) is 0.439. The van der Waals surface area contributed by atoms with Gasteiger partial charge in [0.15, 0.2) is 5.76 Å². The Morgan fingerprint density at radius 2 is 1.85 bits per heavy atom. The summed E-state index contributed by atoms with van der Waals surface area (Å²) in [7, 11) is 0. The first-order valence-corrected chi connectivity index (χ1v) is 17.4. The number of ketones is 1. The minimum Gasteiger partial charge on any atom is -0.461 e. The molecule has 0 unspecified atom stereocenters. The Hall–Kier alpha value is -3.59. The van der Waals surface area contributed by atoms with E-state index in [0.717, 1.165) is 40.3 Å².